The van der Waals surface area contributed by atoms with Gasteiger partial charge >= 0.3 is 0 Å². The minimum atomic E-state index is 0.606. The van der Waals surface area contributed by atoms with Crippen LogP contribution in [0.2, 0.25) is 0 Å². The fourth-order valence-corrected chi connectivity index (χ4v) is 1.95. The summed E-state index contributed by atoms with van der Waals surface area (Å²) in [5.74, 6) is 1.26. The molecular formula is C11H21N3. The standard InChI is InChI=1S/C11H21N3/c1-4-6-9(7-5-2)10-8(3)11(12)14-13-10/h9H,4-7H2,1-3H3,(H3,12,13,14). The number of nitrogen functional groups attached to an aromatic ring is 1. The Bertz CT molecular complexity index is 272. The molecule has 0 saturated heterocycles. The minimum absolute atomic E-state index is 0.606. The molecule has 3 N–H and O–H groups in total. The smallest absolute Gasteiger partial charge is 0.148 e. The van der Waals surface area contributed by atoms with Crippen LogP contribution in [0.4, 0.5) is 5.82 Å². The average molecular weight is 195 g/mol. The van der Waals surface area contributed by atoms with Crippen molar-refractivity contribution in [2.24, 2.45) is 0 Å². The van der Waals surface area contributed by atoms with Gasteiger partial charge in [0, 0.05) is 17.2 Å². The third-order valence-electron chi connectivity index (χ3n) is 2.77. The number of rotatable bonds is 5. The summed E-state index contributed by atoms with van der Waals surface area (Å²) in [4.78, 5) is 0. The van der Waals surface area contributed by atoms with Crippen LogP contribution in [0.3, 0.4) is 0 Å². The zero-order valence-electron chi connectivity index (χ0n) is 9.43. The molecule has 0 radical (unpaired) electrons. The Kier molecular flexibility index (Phi) is 3.98. The summed E-state index contributed by atoms with van der Waals surface area (Å²) in [5, 5.41) is 7.12. The van der Waals surface area contributed by atoms with Crippen molar-refractivity contribution in [2.75, 3.05) is 5.73 Å². The van der Waals surface area contributed by atoms with Crippen LogP contribution in [0.5, 0.6) is 0 Å². The molecule has 0 atom stereocenters. The van der Waals surface area contributed by atoms with Crippen LogP contribution < -0.4 is 5.73 Å². The largest absolute Gasteiger partial charge is 0.382 e. The van der Waals surface area contributed by atoms with E-state index in [1.54, 1.807) is 0 Å². The number of hydrogen-bond donors (Lipinski definition) is 2. The molecule has 0 aliphatic heterocycles. The van der Waals surface area contributed by atoms with Gasteiger partial charge in [-0.05, 0) is 19.8 Å². The Morgan fingerprint density at radius 3 is 2.21 bits per heavy atom. The summed E-state index contributed by atoms with van der Waals surface area (Å²) in [7, 11) is 0. The van der Waals surface area contributed by atoms with Crippen LogP contribution in [0.25, 0.3) is 0 Å². The van der Waals surface area contributed by atoms with Crippen molar-refractivity contribution in [3.63, 3.8) is 0 Å². The molecule has 1 aromatic rings. The summed E-state index contributed by atoms with van der Waals surface area (Å²) < 4.78 is 0. The van der Waals surface area contributed by atoms with Crippen molar-refractivity contribution in [1.29, 1.82) is 0 Å². The molecule has 0 aliphatic carbocycles. The predicted molar refractivity (Wildman–Crippen MR) is 60.3 cm³/mol. The van der Waals surface area contributed by atoms with Crippen LogP contribution in [0, 0.1) is 6.92 Å². The van der Waals surface area contributed by atoms with Crippen molar-refractivity contribution in [3.05, 3.63) is 11.3 Å². The highest BCUT2D eigenvalue weighted by Crippen LogP contribution is 2.28. The lowest BCUT2D eigenvalue weighted by Gasteiger charge is -2.14. The molecule has 3 heteroatoms. The van der Waals surface area contributed by atoms with Gasteiger partial charge in [-0.1, -0.05) is 26.7 Å². The number of aromatic nitrogens is 2. The van der Waals surface area contributed by atoms with Gasteiger partial charge in [-0.2, -0.15) is 5.10 Å². The van der Waals surface area contributed by atoms with Gasteiger partial charge in [-0.25, -0.2) is 0 Å². The maximum Gasteiger partial charge on any atom is 0.148 e. The van der Waals surface area contributed by atoms with Crippen molar-refractivity contribution in [3.8, 4) is 0 Å². The third-order valence-corrected chi connectivity index (χ3v) is 2.77. The molecule has 1 rings (SSSR count). The van der Waals surface area contributed by atoms with E-state index in [1.807, 2.05) is 6.92 Å². The van der Waals surface area contributed by atoms with E-state index in [2.05, 4.69) is 24.0 Å². The summed E-state index contributed by atoms with van der Waals surface area (Å²) >= 11 is 0. The quantitative estimate of drug-likeness (QED) is 0.759. The van der Waals surface area contributed by atoms with E-state index in [-0.39, 0.29) is 0 Å². The average Bonchev–Trinajstić information content (AvgIpc) is 2.48. The summed E-state index contributed by atoms with van der Waals surface area (Å²) in [6.07, 6.45) is 4.86. The van der Waals surface area contributed by atoms with E-state index in [4.69, 9.17) is 5.73 Å². The van der Waals surface area contributed by atoms with Gasteiger partial charge < -0.3 is 5.73 Å². The first-order valence-electron chi connectivity index (χ1n) is 5.51. The van der Waals surface area contributed by atoms with Crippen LogP contribution in [-0.2, 0) is 0 Å². The second kappa shape index (κ2) is 5.03. The maximum atomic E-state index is 5.73. The summed E-state index contributed by atoms with van der Waals surface area (Å²) in [5.41, 5.74) is 8.11. The molecule has 1 heterocycles. The number of anilines is 1. The second-order valence-electron chi connectivity index (χ2n) is 3.92. The van der Waals surface area contributed by atoms with Crippen LogP contribution in [0.15, 0.2) is 0 Å². The number of nitrogens with two attached hydrogens (primary N) is 1. The maximum absolute atomic E-state index is 5.73. The molecule has 0 bridgehead atoms. The number of H-pyrrole nitrogens is 1. The molecule has 1 aromatic heterocycles. The Morgan fingerprint density at radius 2 is 1.86 bits per heavy atom. The Morgan fingerprint density at radius 1 is 1.29 bits per heavy atom. The van der Waals surface area contributed by atoms with Gasteiger partial charge in [0.2, 0.25) is 0 Å². The molecule has 14 heavy (non-hydrogen) atoms. The van der Waals surface area contributed by atoms with Crippen LogP contribution in [0.1, 0.15) is 56.7 Å². The lowest BCUT2D eigenvalue weighted by atomic mass is 9.93. The van der Waals surface area contributed by atoms with E-state index in [9.17, 15) is 0 Å². The van der Waals surface area contributed by atoms with Crippen LogP contribution in [-0.4, -0.2) is 10.2 Å². The molecule has 0 saturated carbocycles. The first-order valence-corrected chi connectivity index (χ1v) is 5.51. The van der Waals surface area contributed by atoms with E-state index >= 15 is 0 Å². The molecule has 0 aliphatic rings. The van der Waals surface area contributed by atoms with Crippen LogP contribution >= 0.6 is 0 Å². The number of aromatic amines is 1. The first kappa shape index (κ1) is 11.1. The zero-order valence-corrected chi connectivity index (χ0v) is 9.43. The predicted octanol–water partition coefficient (Wildman–Crippen LogP) is 2.98. The van der Waals surface area contributed by atoms with Crippen molar-refractivity contribution < 1.29 is 0 Å². The topological polar surface area (TPSA) is 54.7 Å². The van der Waals surface area contributed by atoms with Gasteiger partial charge in [-0.3, -0.25) is 5.10 Å². The molecule has 80 valence electrons. The molecule has 0 unspecified atom stereocenters. The normalized spacial score (nSPS) is 11.1. The molecule has 3 nitrogen and oxygen atoms in total. The van der Waals surface area contributed by atoms with E-state index < -0.39 is 0 Å². The first-order chi connectivity index (χ1) is 6.70. The fourth-order valence-electron chi connectivity index (χ4n) is 1.95. The highest BCUT2D eigenvalue weighted by molar-refractivity contribution is 5.41. The molecule has 0 fully saturated rings. The van der Waals surface area contributed by atoms with Crippen molar-refractivity contribution in [2.45, 2.75) is 52.4 Å². The summed E-state index contributed by atoms with van der Waals surface area (Å²) in [6.45, 7) is 6.49. The summed E-state index contributed by atoms with van der Waals surface area (Å²) in [6, 6.07) is 0. The van der Waals surface area contributed by atoms with Gasteiger partial charge in [0.1, 0.15) is 5.82 Å². The van der Waals surface area contributed by atoms with Gasteiger partial charge in [0.05, 0.1) is 0 Å². The Hall–Kier alpha value is -0.990. The minimum Gasteiger partial charge on any atom is -0.382 e. The monoisotopic (exact) mass is 195 g/mol. The third kappa shape index (κ3) is 2.28. The van der Waals surface area contributed by atoms with E-state index in [1.165, 1.54) is 31.4 Å². The van der Waals surface area contributed by atoms with Gasteiger partial charge in [-0.15, -0.1) is 0 Å². The van der Waals surface area contributed by atoms with Gasteiger partial charge in [0.15, 0.2) is 0 Å². The lowest BCUT2D eigenvalue weighted by molar-refractivity contribution is 0.545. The van der Waals surface area contributed by atoms with E-state index in [0.717, 1.165) is 5.56 Å². The van der Waals surface area contributed by atoms with Crippen molar-refractivity contribution >= 4 is 5.82 Å². The number of nitrogens with zero attached hydrogens (tertiary/aromatic N) is 1. The van der Waals surface area contributed by atoms with Gasteiger partial charge in [0.25, 0.3) is 0 Å². The lowest BCUT2D eigenvalue weighted by Crippen LogP contribution is -2.01. The highest BCUT2D eigenvalue weighted by Gasteiger charge is 2.15. The molecule has 0 spiro atoms. The van der Waals surface area contributed by atoms with E-state index in [0.29, 0.717) is 11.7 Å². The number of nitrogens with one attached hydrogen (secondary N) is 1. The Labute approximate surface area is 86.1 Å². The Balaban J connectivity index is 2.81. The molecular weight excluding hydrogens is 174 g/mol. The number of hydrogen-bond acceptors (Lipinski definition) is 2. The fraction of sp³-hybridized carbons (Fsp3) is 0.727. The SMILES string of the molecule is CCCC(CCC)c1[nH]nc(N)c1C. The molecule has 0 amide bonds. The zero-order chi connectivity index (χ0) is 10.6. The van der Waals surface area contributed by atoms with Crippen molar-refractivity contribution in [1.82, 2.24) is 10.2 Å². The highest BCUT2D eigenvalue weighted by atomic mass is 15.2. The second-order valence-corrected chi connectivity index (χ2v) is 3.92. The molecule has 0 aromatic carbocycles.